The largest absolute Gasteiger partial charge is 0.324 e. The third-order valence-electron chi connectivity index (χ3n) is 2.43. The molecule has 0 aliphatic rings. The predicted molar refractivity (Wildman–Crippen MR) is 63.8 cm³/mol. The van der Waals surface area contributed by atoms with E-state index in [2.05, 4.69) is 4.98 Å². The van der Waals surface area contributed by atoms with Crippen molar-refractivity contribution in [3.63, 3.8) is 0 Å². The van der Waals surface area contributed by atoms with Crippen molar-refractivity contribution in [3.05, 3.63) is 51.5 Å². The minimum atomic E-state index is -0.867. The van der Waals surface area contributed by atoms with Gasteiger partial charge in [-0.1, -0.05) is 6.07 Å². The number of benzene rings is 1. The van der Waals surface area contributed by atoms with Gasteiger partial charge in [0.1, 0.15) is 0 Å². The second kappa shape index (κ2) is 4.89. The molecule has 0 saturated carbocycles. The fourth-order valence-electron chi connectivity index (χ4n) is 1.55. The molecule has 90 valence electrons. The van der Waals surface area contributed by atoms with Gasteiger partial charge in [0.15, 0.2) is 11.6 Å². The molecule has 5 heteroatoms. The first-order valence-corrected chi connectivity index (χ1v) is 6.06. The minimum Gasteiger partial charge on any atom is -0.324 e. The van der Waals surface area contributed by atoms with Crippen LogP contribution in [-0.4, -0.2) is 4.98 Å². The Morgan fingerprint density at radius 3 is 2.71 bits per heavy atom. The highest BCUT2D eigenvalue weighted by atomic mass is 32.1. The Morgan fingerprint density at radius 2 is 2.12 bits per heavy atom. The first kappa shape index (κ1) is 12.1. The predicted octanol–water partition coefficient (Wildman–Crippen LogP) is 2.97. The molecule has 1 aromatic heterocycles. The summed E-state index contributed by atoms with van der Waals surface area (Å²) >= 11 is 1.52. The Bertz CT molecular complexity index is 525. The fraction of sp³-hybridized carbons (Fsp3) is 0.250. The number of hydrogen-bond donors (Lipinski definition) is 1. The lowest BCUT2D eigenvalue weighted by molar-refractivity contribution is 0.505. The second-order valence-corrected chi connectivity index (χ2v) is 4.81. The number of thiazole rings is 1. The molecule has 0 bridgehead atoms. The quantitative estimate of drug-likeness (QED) is 0.914. The standard InChI is InChI=1S/C12H12F2N2S/c1-7-6-17-12(16-7)5-11(15)8-2-3-9(13)10(14)4-8/h2-4,6,11H,5,15H2,1H3. The summed E-state index contributed by atoms with van der Waals surface area (Å²) in [4.78, 5) is 4.29. The Hall–Kier alpha value is -1.33. The molecule has 0 amide bonds. The number of rotatable bonds is 3. The van der Waals surface area contributed by atoms with E-state index in [0.717, 1.165) is 22.8 Å². The first-order chi connectivity index (χ1) is 8.06. The number of nitrogens with zero attached hydrogens (tertiary/aromatic N) is 1. The molecule has 0 aliphatic heterocycles. The highest BCUT2D eigenvalue weighted by Crippen LogP contribution is 2.20. The summed E-state index contributed by atoms with van der Waals surface area (Å²) in [5.41, 5.74) is 7.46. The molecule has 2 N–H and O–H groups in total. The summed E-state index contributed by atoms with van der Waals surface area (Å²) in [7, 11) is 0. The zero-order valence-corrected chi connectivity index (χ0v) is 10.1. The molecule has 17 heavy (non-hydrogen) atoms. The van der Waals surface area contributed by atoms with Gasteiger partial charge in [-0.15, -0.1) is 11.3 Å². The number of aryl methyl sites for hydroxylation is 1. The van der Waals surface area contributed by atoms with Gasteiger partial charge in [0.2, 0.25) is 0 Å². The third kappa shape index (κ3) is 2.87. The van der Waals surface area contributed by atoms with Gasteiger partial charge in [-0.25, -0.2) is 13.8 Å². The second-order valence-electron chi connectivity index (χ2n) is 3.87. The van der Waals surface area contributed by atoms with Gasteiger partial charge >= 0.3 is 0 Å². The lowest BCUT2D eigenvalue weighted by Gasteiger charge is -2.10. The van der Waals surface area contributed by atoms with Crippen molar-refractivity contribution in [1.82, 2.24) is 4.98 Å². The Morgan fingerprint density at radius 1 is 1.35 bits per heavy atom. The van der Waals surface area contributed by atoms with Gasteiger partial charge in [-0.3, -0.25) is 0 Å². The van der Waals surface area contributed by atoms with Gasteiger partial charge in [0, 0.05) is 23.5 Å². The van der Waals surface area contributed by atoms with Crippen LogP contribution in [0.1, 0.15) is 22.3 Å². The van der Waals surface area contributed by atoms with E-state index in [1.807, 2.05) is 12.3 Å². The van der Waals surface area contributed by atoms with E-state index < -0.39 is 11.6 Å². The average Bonchev–Trinajstić information content (AvgIpc) is 2.68. The summed E-state index contributed by atoms with van der Waals surface area (Å²) in [5, 5.41) is 2.84. The van der Waals surface area contributed by atoms with E-state index in [0.29, 0.717) is 12.0 Å². The summed E-state index contributed by atoms with van der Waals surface area (Å²) < 4.78 is 25.8. The highest BCUT2D eigenvalue weighted by molar-refractivity contribution is 7.09. The van der Waals surface area contributed by atoms with Crippen LogP contribution in [0.2, 0.25) is 0 Å². The smallest absolute Gasteiger partial charge is 0.159 e. The minimum absolute atomic E-state index is 0.365. The molecule has 0 saturated heterocycles. The van der Waals surface area contributed by atoms with Crippen LogP contribution in [0.15, 0.2) is 23.6 Å². The fourth-order valence-corrected chi connectivity index (χ4v) is 2.38. The molecule has 1 aromatic carbocycles. The van der Waals surface area contributed by atoms with E-state index >= 15 is 0 Å². The molecule has 2 rings (SSSR count). The first-order valence-electron chi connectivity index (χ1n) is 5.18. The maximum atomic E-state index is 13.0. The molecule has 0 aliphatic carbocycles. The van der Waals surface area contributed by atoms with Crippen LogP contribution in [0, 0.1) is 18.6 Å². The summed E-state index contributed by atoms with van der Waals surface area (Å²) in [6, 6.07) is 3.37. The van der Waals surface area contributed by atoms with E-state index in [1.54, 1.807) is 0 Å². The average molecular weight is 254 g/mol. The Labute approximate surface area is 102 Å². The summed E-state index contributed by atoms with van der Waals surface area (Å²) in [5.74, 6) is -1.72. The van der Waals surface area contributed by atoms with Crippen molar-refractivity contribution in [3.8, 4) is 0 Å². The van der Waals surface area contributed by atoms with Gasteiger partial charge < -0.3 is 5.73 Å². The number of nitrogens with two attached hydrogens (primary N) is 1. The maximum Gasteiger partial charge on any atom is 0.159 e. The molecule has 2 aromatic rings. The molecule has 1 unspecified atom stereocenters. The van der Waals surface area contributed by atoms with Crippen molar-refractivity contribution >= 4 is 11.3 Å². The van der Waals surface area contributed by atoms with Gasteiger partial charge in [0.25, 0.3) is 0 Å². The molecular weight excluding hydrogens is 242 g/mol. The normalized spacial score (nSPS) is 12.7. The van der Waals surface area contributed by atoms with Gasteiger partial charge in [-0.2, -0.15) is 0 Å². The van der Waals surface area contributed by atoms with Crippen LogP contribution in [0.25, 0.3) is 0 Å². The zero-order chi connectivity index (χ0) is 12.4. The van der Waals surface area contributed by atoms with Crippen LogP contribution in [-0.2, 0) is 6.42 Å². The molecule has 0 spiro atoms. The zero-order valence-electron chi connectivity index (χ0n) is 9.28. The van der Waals surface area contributed by atoms with Crippen LogP contribution in [0.4, 0.5) is 8.78 Å². The molecule has 1 atom stereocenters. The van der Waals surface area contributed by atoms with E-state index in [4.69, 9.17) is 5.73 Å². The topological polar surface area (TPSA) is 38.9 Å². The molecular formula is C12H12F2N2S. The monoisotopic (exact) mass is 254 g/mol. The SMILES string of the molecule is Cc1csc(CC(N)c2ccc(F)c(F)c2)n1. The molecule has 1 heterocycles. The van der Waals surface area contributed by atoms with Crippen LogP contribution in [0.3, 0.4) is 0 Å². The Balaban J connectivity index is 2.14. The van der Waals surface area contributed by atoms with Gasteiger partial charge in [-0.05, 0) is 24.6 Å². The maximum absolute atomic E-state index is 13.0. The number of hydrogen-bond acceptors (Lipinski definition) is 3. The lowest BCUT2D eigenvalue weighted by atomic mass is 10.0. The highest BCUT2D eigenvalue weighted by Gasteiger charge is 2.12. The summed E-state index contributed by atoms with van der Waals surface area (Å²) in [6.07, 6.45) is 0.531. The van der Waals surface area contributed by atoms with Crippen LogP contribution >= 0.6 is 11.3 Å². The third-order valence-corrected chi connectivity index (χ3v) is 3.42. The lowest BCUT2D eigenvalue weighted by Crippen LogP contribution is -2.13. The number of halogens is 2. The van der Waals surface area contributed by atoms with E-state index in [1.165, 1.54) is 17.4 Å². The molecule has 0 fully saturated rings. The van der Waals surface area contributed by atoms with Crippen molar-refractivity contribution < 1.29 is 8.78 Å². The van der Waals surface area contributed by atoms with Crippen molar-refractivity contribution in [2.45, 2.75) is 19.4 Å². The molecule has 2 nitrogen and oxygen atoms in total. The summed E-state index contributed by atoms with van der Waals surface area (Å²) in [6.45, 7) is 1.91. The van der Waals surface area contributed by atoms with E-state index in [-0.39, 0.29) is 6.04 Å². The van der Waals surface area contributed by atoms with Crippen molar-refractivity contribution in [2.24, 2.45) is 5.73 Å². The Kier molecular flexibility index (Phi) is 3.49. The van der Waals surface area contributed by atoms with Crippen LogP contribution < -0.4 is 5.73 Å². The van der Waals surface area contributed by atoms with Crippen molar-refractivity contribution in [1.29, 1.82) is 0 Å². The number of aromatic nitrogens is 1. The van der Waals surface area contributed by atoms with Gasteiger partial charge in [0.05, 0.1) is 5.01 Å². The molecule has 0 radical (unpaired) electrons. The van der Waals surface area contributed by atoms with E-state index in [9.17, 15) is 8.78 Å². The van der Waals surface area contributed by atoms with Crippen molar-refractivity contribution in [2.75, 3.05) is 0 Å². The van der Waals surface area contributed by atoms with Crippen LogP contribution in [0.5, 0.6) is 0 Å².